The number of aromatic nitrogens is 2. The SMILES string of the molecule is COc1ccnc(-c2ccc([C@@H](C)N3CCCCC3)cc2)n1. The van der Waals surface area contributed by atoms with Crippen LogP contribution in [0, 0.1) is 0 Å². The Morgan fingerprint density at radius 3 is 2.45 bits per heavy atom. The molecule has 0 bridgehead atoms. The van der Waals surface area contributed by atoms with Gasteiger partial charge in [0.2, 0.25) is 5.88 Å². The Morgan fingerprint density at radius 2 is 1.77 bits per heavy atom. The Labute approximate surface area is 132 Å². The molecule has 4 heteroatoms. The summed E-state index contributed by atoms with van der Waals surface area (Å²) in [7, 11) is 1.62. The zero-order chi connectivity index (χ0) is 15.4. The fraction of sp³-hybridized carbons (Fsp3) is 0.444. The van der Waals surface area contributed by atoms with Crippen molar-refractivity contribution in [2.75, 3.05) is 20.2 Å². The lowest BCUT2D eigenvalue weighted by Crippen LogP contribution is -2.32. The second-order valence-corrected chi connectivity index (χ2v) is 5.82. The molecular formula is C18H23N3O. The van der Waals surface area contributed by atoms with Crippen LogP contribution in [0.3, 0.4) is 0 Å². The van der Waals surface area contributed by atoms with Gasteiger partial charge in [-0.1, -0.05) is 30.7 Å². The van der Waals surface area contributed by atoms with Crippen LogP contribution in [0.2, 0.25) is 0 Å². The third kappa shape index (κ3) is 3.28. The van der Waals surface area contributed by atoms with E-state index in [-0.39, 0.29) is 0 Å². The molecule has 1 aliphatic heterocycles. The number of likely N-dealkylation sites (tertiary alicyclic amines) is 1. The van der Waals surface area contributed by atoms with E-state index >= 15 is 0 Å². The van der Waals surface area contributed by atoms with Crippen LogP contribution >= 0.6 is 0 Å². The van der Waals surface area contributed by atoms with E-state index in [1.54, 1.807) is 19.4 Å². The van der Waals surface area contributed by atoms with Gasteiger partial charge in [-0.15, -0.1) is 0 Å². The molecule has 4 nitrogen and oxygen atoms in total. The number of methoxy groups -OCH3 is 1. The number of hydrogen-bond donors (Lipinski definition) is 0. The smallest absolute Gasteiger partial charge is 0.216 e. The first-order chi connectivity index (χ1) is 10.8. The normalized spacial score (nSPS) is 17.2. The summed E-state index contributed by atoms with van der Waals surface area (Å²) in [4.78, 5) is 11.3. The lowest BCUT2D eigenvalue weighted by Gasteiger charge is -2.32. The highest BCUT2D eigenvalue weighted by Gasteiger charge is 2.18. The molecule has 1 atom stereocenters. The summed E-state index contributed by atoms with van der Waals surface area (Å²) in [6.07, 6.45) is 5.74. The van der Waals surface area contributed by atoms with E-state index in [1.165, 1.54) is 37.9 Å². The van der Waals surface area contributed by atoms with Crippen molar-refractivity contribution in [3.63, 3.8) is 0 Å². The molecule has 0 aliphatic carbocycles. The van der Waals surface area contributed by atoms with E-state index < -0.39 is 0 Å². The number of benzene rings is 1. The van der Waals surface area contributed by atoms with Gasteiger partial charge in [0, 0.05) is 23.9 Å². The van der Waals surface area contributed by atoms with Crippen molar-refractivity contribution in [2.45, 2.75) is 32.2 Å². The summed E-state index contributed by atoms with van der Waals surface area (Å²) in [6, 6.07) is 10.8. The molecule has 0 N–H and O–H groups in total. The predicted molar refractivity (Wildman–Crippen MR) is 87.9 cm³/mol. The standard InChI is InChI=1S/C18H23N3O/c1-14(21-12-4-3-5-13-21)15-6-8-16(9-7-15)18-19-11-10-17(20-18)22-2/h6-11,14H,3-5,12-13H2,1-2H3/t14-/m1/s1. The van der Waals surface area contributed by atoms with Gasteiger partial charge in [-0.3, -0.25) is 4.90 Å². The molecule has 2 heterocycles. The Morgan fingerprint density at radius 1 is 1.05 bits per heavy atom. The van der Waals surface area contributed by atoms with Gasteiger partial charge < -0.3 is 4.74 Å². The van der Waals surface area contributed by atoms with Gasteiger partial charge in [-0.05, 0) is 38.4 Å². The number of ether oxygens (including phenoxy) is 1. The summed E-state index contributed by atoms with van der Waals surface area (Å²) < 4.78 is 5.16. The lowest BCUT2D eigenvalue weighted by molar-refractivity contribution is 0.175. The van der Waals surface area contributed by atoms with Crippen LogP contribution in [0.4, 0.5) is 0 Å². The summed E-state index contributed by atoms with van der Waals surface area (Å²) in [5, 5.41) is 0. The van der Waals surface area contributed by atoms with Crippen LogP contribution in [0.5, 0.6) is 5.88 Å². The largest absolute Gasteiger partial charge is 0.481 e. The first-order valence-electron chi connectivity index (χ1n) is 7.99. The van der Waals surface area contributed by atoms with Gasteiger partial charge in [-0.2, -0.15) is 4.98 Å². The van der Waals surface area contributed by atoms with E-state index in [0.29, 0.717) is 17.7 Å². The minimum atomic E-state index is 0.473. The third-order valence-corrected chi connectivity index (χ3v) is 4.43. The summed E-state index contributed by atoms with van der Waals surface area (Å²) in [5.74, 6) is 1.30. The molecule has 0 radical (unpaired) electrons. The number of hydrogen-bond acceptors (Lipinski definition) is 4. The topological polar surface area (TPSA) is 38.2 Å². The van der Waals surface area contributed by atoms with Crippen LogP contribution in [-0.2, 0) is 0 Å². The number of nitrogens with zero attached hydrogens (tertiary/aromatic N) is 3. The number of piperidine rings is 1. The van der Waals surface area contributed by atoms with Crippen LogP contribution in [0.25, 0.3) is 11.4 Å². The lowest BCUT2D eigenvalue weighted by atomic mass is 10.0. The Bertz CT molecular complexity index is 606. The molecule has 1 aliphatic rings. The molecule has 1 fully saturated rings. The first kappa shape index (κ1) is 15.0. The fourth-order valence-corrected chi connectivity index (χ4v) is 3.02. The Kier molecular flexibility index (Phi) is 4.68. The van der Waals surface area contributed by atoms with Crippen LogP contribution in [-0.4, -0.2) is 35.1 Å². The van der Waals surface area contributed by atoms with Gasteiger partial charge >= 0.3 is 0 Å². The van der Waals surface area contributed by atoms with Crippen molar-refractivity contribution >= 4 is 0 Å². The predicted octanol–water partition coefficient (Wildman–Crippen LogP) is 3.70. The van der Waals surface area contributed by atoms with Crippen LogP contribution in [0.15, 0.2) is 36.5 Å². The van der Waals surface area contributed by atoms with Crippen molar-refractivity contribution in [1.82, 2.24) is 14.9 Å². The quantitative estimate of drug-likeness (QED) is 0.862. The van der Waals surface area contributed by atoms with Gasteiger partial charge in [-0.25, -0.2) is 4.98 Å². The minimum absolute atomic E-state index is 0.473. The Hall–Kier alpha value is -1.94. The van der Waals surface area contributed by atoms with Gasteiger partial charge in [0.05, 0.1) is 7.11 Å². The molecule has 1 aromatic carbocycles. The van der Waals surface area contributed by atoms with Crippen molar-refractivity contribution in [2.24, 2.45) is 0 Å². The van der Waals surface area contributed by atoms with E-state index in [2.05, 4.69) is 46.1 Å². The highest BCUT2D eigenvalue weighted by molar-refractivity contribution is 5.55. The first-order valence-corrected chi connectivity index (χ1v) is 7.99. The summed E-state index contributed by atoms with van der Waals surface area (Å²) >= 11 is 0. The Balaban J connectivity index is 1.76. The molecule has 0 saturated carbocycles. The maximum atomic E-state index is 5.16. The average molecular weight is 297 g/mol. The van der Waals surface area contributed by atoms with Gasteiger partial charge in [0.1, 0.15) is 0 Å². The molecule has 22 heavy (non-hydrogen) atoms. The molecule has 1 saturated heterocycles. The third-order valence-electron chi connectivity index (χ3n) is 4.43. The maximum absolute atomic E-state index is 5.16. The van der Waals surface area contributed by atoms with Gasteiger partial charge in [0.15, 0.2) is 5.82 Å². The second kappa shape index (κ2) is 6.88. The molecule has 2 aromatic rings. The van der Waals surface area contributed by atoms with E-state index in [9.17, 15) is 0 Å². The molecule has 3 rings (SSSR count). The van der Waals surface area contributed by atoms with Crippen LogP contribution < -0.4 is 4.74 Å². The molecule has 0 unspecified atom stereocenters. The summed E-state index contributed by atoms with van der Waals surface area (Å²) in [5.41, 5.74) is 2.38. The second-order valence-electron chi connectivity index (χ2n) is 5.82. The minimum Gasteiger partial charge on any atom is -0.481 e. The zero-order valence-corrected chi connectivity index (χ0v) is 13.3. The van der Waals surface area contributed by atoms with Crippen molar-refractivity contribution in [3.8, 4) is 17.3 Å². The maximum Gasteiger partial charge on any atom is 0.216 e. The van der Waals surface area contributed by atoms with Gasteiger partial charge in [0.25, 0.3) is 0 Å². The molecule has 116 valence electrons. The van der Waals surface area contributed by atoms with E-state index in [0.717, 1.165) is 5.56 Å². The zero-order valence-electron chi connectivity index (χ0n) is 13.3. The molecule has 0 amide bonds. The fourth-order valence-electron chi connectivity index (χ4n) is 3.02. The monoisotopic (exact) mass is 297 g/mol. The van der Waals surface area contributed by atoms with E-state index in [1.807, 2.05) is 0 Å². The van der Waals surface area contributed by atoms with Crippen LogP contribution in [0.1, 0.15) is 37.8 Å². The van der Waals surface area contributed by atoms with Crippen molar-refractivity contribution in [1.29, 1.82) is 0 Å². The summed E-state index contributed by atoms with van der Waals surface area (Å²) in [6.45, 7) is 4.71. The molecular weight excluding hydrogens is 274 g/mol. The molecule has 1 aromatic heterocycles. The van der Waals surface area contributed by atoms with Crippen molar-refractivity contribution < 1.29 is 4.74 Å². The highest BCUT2D eigenvalue weighted by Crippen LogP contribution is 2.26. The van der Waals surface area contributed by atoms with E-state index in [4.69, 9.17) is 4.74 Å². The highest BCUT2D eigenvalue weighted by atomic mass is 16.5. The molecule has 0 spiro atoms. The number of rotatable bonds is 4. The average Bonchev–Trinajstić information content (AvgIpc) is 2.62. The van der Waals surface area contributed by atoms with Crippen molar-refractivity contribution in [3.05, 3.63) is 42.1 Å².